The topological polar surface area (TPSA) is 103 Å². The first kappa shape index (κ1) is 24.5. The number of amides is 1. The molecule has 0 aliphatic rings. The molecule has 0 bridgehead atoms. The van der Waals surface area contributed by atoms with E-state index in [0.29, 0.717) is 36.5 Å². The molecule has 3 rings (SSSR count). The first-order chi connectivity index (χ1) is 15.7. The van der Waals surface area contributed by atoms with Gasteiger partial charge in [0.1, 0.15) is 17.3 Å². The van der Waals surface area contributed by atoms with Crippen molar-refractivity contribution in [2.24, 2.45) is 0 Å². The van der Waals surface area contributed by atoms with Gasteiger partial charge in [0.15, 0.2) is 0 Å². The largest absolute Gasteiger partial charge is 0.497 e. The molecule has 0 aliphatic carbocycles. The van der Waals surface area contributed by atoms with Gasteiger partial charge in [-0.1, -0.05) is 0 Å². The highest BCUT2D eigenvalue weighted by molar-refractivity contribution is 7.89. The zero-order valence-corrected chi connectivity index (χ0v) is 20.4. The Bertz CT molecular complexity index is 1230. The number of carbonyl (C=O) groups excluding carboxylic acids is 1. The van der Waals surface area contributed by atoms with Crippen molar-refractivity contribution in [3.63, 3.8) is 0 Å². The molecule has 1 aromatic heterocycles. The molecule has 0 atom stereocenters. The van der Waals surface area contributed by atoms with Crippen LogP contribution in [0.2, 0.25) is 0 Å². The molecule has 9 nitrogen and oxygen atoms in total. The Hall–Kier alpha value is -3.11. The molecule has 0 aliphatic heterocycles. The molecule has 0 saturated heterocycles. The van der Waals surface area contributed by atoms with Crippen LogP contribution in [0.4, 0.5) is 0 Å². The van der Waals surface area contributed by atoms with Crippen LogP contribution in [0.15, 0.2) is 41.3 Å². The second-order valence-corrected chi connectivity index (χ2v) is 9.86. The van der Waals surface area contributed by atoms with Gasteiger partial charge in [-0.05, 0) is 42.8 Å². The standard InChI is InChI=1S/C23H30N4O5S/c1-6-27-21-8-7-19(33(29,30)26(2)3)14-20(21)25-22(27)9-10-23(28)24-15-16-11-17(31-4)13-18(12-16)32-5/h7-8,11-14H,6,9-10,15H2,1-5H3,(H,24,28). The Labute approximate surface area is 194 Å². The number of ether oxygens (including phenoxy) is 2. The third-order valence-electron chi connectivity index (χ3n) is 5.37. The van der Waals surface area contributed by atoms with E-state index in [0.717, 1.165) is 16.9 Å². The summed E-state index contributed by atoms with van der Waals surface area (Å²) in [7, 11) is 2.60. The highest BCUT2D eigenvalue weighted by atomic mass is 32.2. The number of fused-ring (bicyclic) bond motifs is 1. The summed E-state index contributed by atoms with van der Waals surface area (Å²) in [6, 6.07) is 10.4. The van der Waals surface area contributed by atoms with Crippen molar-refractivity contribution >= 4 is 27.0 Å². The maximum absolute atomic E-state index is 12.5. The molecule has 10 heteroatoms. The second kappa shape index (κ2) is 10.2. The van der Waals surface area contributed by atoms with E-state index in [1.807, 2.05) is 23.6 Å². The number of aryl methyl sites for hydroxylation is 2. The molecule has 1 N–H and O–H groups in total. The van der Waals surface area contributed by atoms with E-state index in [4.69, 9.17) is 9.47 Å². The van der Waals surface area contributed by atoms with Crippen molar-refractivity contribution in [1.29, 1.82) is 0 Å². The minimum atomic E-state index is -3.55. The average molecular weight is 475 g/mol. The predicted molar refractivity (Wildman–Crippen MR) is 126 cm³/mol. The number of methoxy groups -OCH3 is 2. The van der Waals surface area contributed by atoms with Gasteiger partial charge in [-0.25, -0.2) is 17.7 Å². The maximum atomic E-state index is 12.5. The number of nitrogens with one attached hydrogen (secondary N) is 1. The van der Waals surface area contributed by atoms with Crippen LogP contribution in [-0.4, -0.2) is 56.5 Å². The van der Waals surface area contributed by atoms with Gasteiger partial charge in [0, 0.05) is 46.1 Å². The lowest BCUT2D eigenvalue weighted by molar-refractivity contribution is -0.121. The number of aromatic nitrogens is 2. The van der Waals surface area contributed by atoms with E-state index >= 15 is 0 Å². The third-order valence-corrected chi connectivity index (χ3v) is 7.18. The Kier molecular flexibility index (Phi) is 7.60. The summed E-state index contributed by atoms with van der Waals surface area (Å²) >= 11 is 0. The minimum absolute atomic E-state index is 0.109. The molecule has 0 saturated carbocycles. The summed E-state index contributed by atoms with van der Waals surface area (Å²) in [5.41, 5.74) is 2.31. The molecule has 3 aromatic rings. The summed E-state index contributed by atoms with van der Waals surface area (Å²) in [5.74, 6) is 1.95. The summed E-state index contributed by atoms with van der Waals surface area (Å²) in [5, 5.41) is 2.91. The van der Waals surface area contributed by atoms with Gasteiger partial charge in [0.25, 0.3) is 0 Å². The molecule has 0 unspecified atom stereocenters. The molecule has 0 spiro atoms. The fourth-order valence-corrected chi connectivity index (χ4v) is 4.48. The fraction of sp³-hybridized carbons (Fsp3) is 0.391. The van der Waals surface area contributed by atoms with Crippen LogP contribution in [0.1, 0.15) is 24.7 Å². The van der Waals surface area contributed by atoms with Crippen LogP contribution in [-0.2, 0) is 34.3 Å². The number of nitrogens with zero attached hydrogens (tertiary/aromatic N) is 3. The van der Waals surface area contributed by atoms with E-state index in [1.54, 1.807) is 38.5 Å². The summed E-state index contributed by atoms with van der Waals surface area (Å²) in [6.07, 6.45) is 0.693. The van der Waals surface area contributed by atoms with Gasteiger partial charge in [-0.3, -0.25) is 4.79 Å². The quantitative estimate of drug-likeness (QED) is 0.485. The van der Waals surface area contributed by atoms with E-state index < -0.39 is 10.0 Å². The van der Waals surface area contributed by atoms with Crippen molar-refractivity contribution < 1.29 is 22.7 Å². The Morgan fingerprint density at radius 2 is 1.76 bits per heavy atom. The molecule has 1 heterocycles. The molecule has 178 valence electrons. The summed E-state index contributed by atoms with van der Waals surface area (Å²) in [6.45, 7) is 3.00. The predicted octanol–water partition coefficient (Wildman–Crippen LogP) is 2.57. The van der Waals surface area contributed by atoms with E-state index in [2.05, 4.69) is 10.3 Å². The number of hydrogen-bond acceptors (Lipinski definition) is 6. The van der Waals surface area contributed by atoms with Gasteiger partial charge in [-0.2, -0.15) is 0 Å². The Morgan fingerprint density at radius 1 is 1.09 bits per heavy atom. The van der Waals surface area contributed by atoms with Gasteiger partial charge in [-0.15, -0.1) is 0 Å². The molecule has 1 amide bonds. The van der Waals surface area contributed by atoms with Gasteiger partial charge in [0.05, 0.1) is 30.1 Å². The highest BCUT2D eigenvalue weighted by Gasteiger charge is 2.19. The average Bonchev–Trinajstić information content (AvgIpc) is 3.17. The molecule has 0 radical (unpaired) electrons. The normalized spacial score (nSPS) is 11.7. The lowest BCUT2D eigenvalue weighted by Gasteiger charge is -2.11. The van der Waals surface area contributed by atoms with Crippen molar-refractivity contribution in [2.75, 3.05) is 28.3 Å². The zero-order valence-electron chi connectivity index (χ0n) is 19.6. The third kappa shape index (κ3) is 5.45. The van der Waals surface area contributed by atoms with Gasteiger partial charge < -0.3 is 19.4 Å². The van der Waals surface area contributed by atoms with Gasteiger partial charge >= 0.3 is 0 Å². The van der Waals surface area contributed by atoms with Crippen molar-refractivity contribution in [3.8, 4) is 11.5 Å². The molecular weight excluding hydrogens is 444 g/mol. The number of carbonyl (C=O) groups is 1. The van der Waals surface area contributed by atoms with Crippen LogP contribution in [0, 0.1) is 0 Å². The molecule has 0 fully saturated rings. The van der Waals surface area contributed by atoms with Gasteiger partial charge in [0.2, 0.25) is 15.9 Å². The zero-order chi connectivity index (χ0) is 24.2. The number of sulfonamides is 1. The van der Waals surface area contributed by atoms with E-state index in [1.165, 1.54) is 18.4 Å². The fourth-order valence-electron chi connectivity index (χ4n) is 3.56. The monoisotopic (exact) mass is 474 g/mol. The van der Waals surface area contributed by atoms with Crippen molar-refractivity contribution in [2.45, 2.75) is 37.8 Å². The number of imidazole rings is 1. The number of rotatable bonds is 10. The SMILES string of the molecule is CCn1c(CCC(=O)NCc2cc(OC)cc(OC)c2)nc2cc(S(=O)(=O)N(C)C)ccc21. The van der Waals surface area contributed by atoms with Crippen LogP contribution < -0.4 is 14.8 Å². The first-order valence-corrected chi connectivity index (χ1v) is 12.0. The summed E-state index contributed by atoms with van der Waals surface area (Å²) < 4.78 is 38.6. The van der Waals surface area contributed by atoms with Crippen LogP contribution in [0.25, 0.3) is 11.0 Å². The molecule has 33 heavy (non-hydrogen) atoms. The molecular formula is C23H30N4O5S. The summed E-state index contributed by atoms with van der Waals surface area (Å²) in [4.78, 5) is 17.3. The second-order valence-electron chi connectivity index (χ2n) is 7.71. The lowest BCUT2D eigenvalue weighted by Crippen LogP contribution is -2.23. The lowest BCUT2D eigenvalue weighted by atomic mass is 10.2. The number of hydrogen-bond donors (Lipinski definition) is 1. The first-order valence-electron chi connectivity index (χ1n) is 10.6. The number of benzene rings is 2. The Morgan fingerprint density at radius 3 is 2.33 bits per heavy atom. The Balaban J connectivity index is 1.71. The van der Waals surface area contributed by atoms with E-state index in [9.17, 15) is 13.2 Å². The van der Waals surface area contributed by atoms with E-state index in [-0.39, 0.29) is 17.2 Å². The smallest absolute Gasteiger partial charge is 0.242 e. The van der Waals surface area contributed by atoms with Crippen LogP contribution in [0.5, 0.6) is 11.5 Å². The molecule has 2 aromatic carbocycles. The van der Waals surface area contributed by atoms with Crippen LogP contribution in [0.3, 0.4) is 0 Å². The highest BCUT2D eigenvalue weighted by Crippen LogP contribution is 2.24. The minimum Gasteiger partial charge on any atom is -0.497 e. The maximum Gasteiger partial charge on any atom is 0.242 e. The van der Waals surface area contributed by atoms with Crippen molar-refractivity contribution in [3.05, 3.63) is 47.8 Å². The van der Waals surface area contributed by atoms with Crippen molar-refractivity contribution in [1.82, 2.24) is 19.2 Å². The van der Waals surface area contributed by atoms with Crippen LogP contribution >= 0.6 is 0 Å².